The van der Waals surface area contributed by atoms with Gasteiger partial charge in [0.1, 0.15) is 17.8 Å². The average molecular weight is 406 g/mol. The smallest absolute Gasteiger partial charge is 0.307 e. The molecular formula is C19H18N8O3. The monoisotopic (exact) mass is 406 g/mol. The van der Waals surface area contributed by atoms with Gasteiger partial charge < -0.3 is 4.90 Å². The first-order chi connectivity index (χ1) is 14.6. The molecule has 11 heteroatoms. The maximum absolute atomic E-state index is 12.6. The highest BCUT2D eigenvalue weighted by Crippen LogP contribution is 2.26. The fourth-order valence-electron chi connectivity index (χ4n) is 3.78. The van der Waals surface area contributed by atoms with Crippen molar-refractivity contribution < 1.29 is 4.92 Å². The third kappa shape index (κ3) is 3.09. The minimum absolute atomic E-state index is 0.0111. The van der Waals surface area contributed by atoms with Gasteiger partial charge in [-0.15, -0.1) is 0 Å². The van der Waals surface area contributed by atoms with Gasteiger partial charge in [0.25, 0.3) is 5.56 Å². The van der Waals surface area contributed by atoms with Crippen LogP contribution in [0.25, 0.3) is 16.7 Å². The van der Waals surface area contributed by atoms with Gasteiger partial charge in [0.15, 0.2) is 5.65 Å². The van der Waals surface area contributed by atoms with Crippen molar-refractivity contribution in [2.24, 2.45) is 0 Å². The van der Waals surface area contributed by atoms with E-state index in [4.69, 9.17) is 0 Å². The molecule has 1 fully saturated rings. The van der Waals surface area contributed by atoms with Crippen LogP contribution < -0.4 is 10.5 Å². The van der Waals surface area contributed by atoms with Gasteiger partial charge in [-0.25, -0.2) is 4.68 Å². The summed E-state index contributed by atoms with van der Waals surface area (Å²) in [5.74, 6) is 0.495. The number of fused-ring (bicyclic) bond motifs is 1. The number of aromatic nitrogens is 6. The number of benzene rings is 1. The Balaban J connectivity index is 1.40. The van der Waals surface area contributed by atoms with Crippen LogP contribution in [0.5, 0.6) is 0 Å². The molecule has 152 valence electrons. The van der Waals surface area contributed by atoms with Crippen LogP contribution in [-0.4, -0.2) is 47.5 Å². The van der Waals surface area contributed by atoms with E-state index in [1.54, 1.807) is 9.36 Å². The molecule has 1 aliphatic heterocycles. The lowest BCUT2D eigenvalue weighted by molar-refractivity contribution is -0.385. The number of hydrogen-bond acceptors (Lipinski definition) is 7. The molecule has 0 saturated carbocycles. The van der Waals surface area contributed by atoms with Crippen molar-refractivity contribution in [3.63, 3.8) is 0 Å². The molecule has 1 aromatic carbocycles. The Kier molecular flexibility index (Phi) is 4.27. The predicted molar refractivity (Wildman–Crippen MR) is 109 cm³/mol. The highest BCUT2D eigenvalue weighted by atomic mass is 16.6. The molecule has 0 bridgehead atoms. The summed E-state index contributed by atoms with van der Waals surface area (Å²) in [5, 5.41) is 19.8. The molecule has 30 heavy (non-hydrogen) atoms. The van der Waals surface area contributed by atoms with Gasteiger partial charge >= 0.3 is 5.69 Å². The minimum Gasteiger partial charge on any atom is -0.342 e. The van der Waals surface area contributed by atoms with Crippen LogP contribution in [0, 0.1) is 10.1 Å². The van der Waals surface area contributed by atoms with E-state index in [1.165, 1.54) is 18.6 Å². The van der Waals surface area contributed by atoms with E-state index in [2.05, 4.69) is 20.2 Å². The highest BCUT2D eigenvalue weighted by molar-refractivity contribution is 5.76. The van der Waals surface area contributed by atoms with E-state index < -0.39 is 4.92 Å². The number of hydrogen-bond donors (Lipinski definition) is 1. The Morgan fingerprint density at radius 3 is 2.57 bits per heavy atom. The Morgan fingerprint density at radius 2 is 1.87 bits per heavy atom. The number of para-hydroxylation sites is 1. The number of piperidine rings is 1. The summed E-state index contributed by atoms with van der Waals surface area (Å²) < 4.78 is 3.31. The van der Waals surface area contributed by atoms with Crippen molar-refractivity contribution in [3.8, 4) is 5.69 Å². The Labute approximate surface area is 169 Å². The van der Waals surface area contributed by atoms with Crippen LogP contribution in [-0.2, 0) is 0 Å². The molecule has 4 aromatic rings. The van der Waals surface area contributed by atoms with Crippen LogP contribution in [0.4, 0.5) is 11.6 Å². The molecule has 11 nitrogen and oxygen atoms in total. The first-order valence-electron chi connectivity index (χ1n) is 9.57. The highest BCUT2D eigenvalue weighted by Gasteiger charge is 2.25. The lowest BCUT2D eigenvalue weighted by Crippen LogP contribution is -2.36. The summed E-state index contributed by atoms with van der Waals surface area (Å²) in [7, 11) is 0. The van der Waals surface area contributed by atoms with Crippen LogP contribution >= 0.6 is 0 Å². The Hall–Kier alpha value is -4.02. The maximum Gasteiger partial charge on any atom is 0.307 e. The topological polar surface area (TPSA) is 128 Å². The summed E-state index contributed by atoms with van der Waals surface area (Å²) in [4.78, 5) is 32.6. The summed E-state index contributed by atoms with van der Waals surface area (Å²) in [6.45, 7) is 1.29. The van der Waals surface area contributed by atoms with E-state index in [0.29, 0.717) is 30.1 Å². The van der Waals surface area contributed by atoms with Gasteiger partial charge in [-0.3, -0.25) is 24.6 Å². The molecule has 0 atom stereocenters. The lowest BCUT2D eigenvalue weighted by atomic mass is 10.1. The number of nitrogens with one attached hydrogen (secondary N) is 1. The lowest BCUT2D eigenvalue weighted by Gasteiger charge is -2.32. The summed E-state index contributed by atoms with van der Waals surface area (Å²) in [6.07, 6.45) is 5.72. The van der Waals surface area contributed by atoms with Gasteiger partial charge in [0, 0.05) is 13.1 Å². The average Bonchev–Trinajstić information content (AvgIpc) is 3.42. The van der Waals surface area contributed by atoms with Crippen LogP contribution in [0.3, 0.4) is 0 Å². The van der Waals surface area contributed by atoms with Gasteiger partial charge in [0.05, 0.1) is 22.8 Å². The molecule has 3 aromatic heterocycles. The minimum atomic E-state index is -0.446. The molecule has 1 N–H and O–H groups in total. The van der Waals surface area contributed by atoms with E-state index in [0.717, 1.165) is 18.5 Å². The molecule has 1 aliphatic rings. The third-order valence-corrected chi connectivity index (χ3v) is 5.36. The van der Waals surface area contributed by atoms with Crippen LogP contribution in [0.2, 0.25) is 0 Å². The van der Waals surface area contributed by atoms with Gasteiger partial charge in [-0.05, 0) is 25.0 Å². The zero-order valence-corrected chi connectivity index (χ0v) is 15.9. The fraction of sp³-hybridized carbons (Fsp3) is 0.263. The summed E-state index contributed by atoms with van der Waals surface area (Å²) >= 11 is 0. The molecular weight excluding hydrogens is 388 g/mol. The second-order valence-electron chi connectivity index (χ2n) is 7.17. The Morgan fingerprint density at radius 1 is 1.10 bits per heavy atom. The SMILES string of the molecule is O=c1[nH]c(N2CCC(n3cc([N+](=O)[O-])cn3)CC2)nc2c1cnn2-c1ccccc1. The van der Waals surface area contributed by atoms with Gasteiger partial charge in [-0.1, -0.05) is 18.2 Å². The molecule has 0 aliphatic carbocycles. The molecule has 4 heterocycles. The predicted octanol–water partition coefficient (Wildman–Crippen LogP) is 2.05. The zero-order chi connectivity index (χ0) is 20.7. The third-order valence-electron chi connectivity index (χ3n) is 5.36. The number of nitrogens with zero attached hydrogens (tertiary/aromatic N) is 7. The van der Waals surface area contributed by atoms with E-state index in [-0.39, 0.29) is 17.3 Å². The maximum atomic E-state index is 12.6. The molecule has 0 unspecified atom stereocenters. The number of nitro groups is 1. The normalized spacial score (nSPS) is 15.0. The molecule has 1 saturated heterocycles. The van der Waals surface area contributed by atoms with Gasteiger partial charge in [-0.2, -0.15) is 15.2 Å². The second-order valence-corrected chi connectivity index (χ2v) is 7.17. The van der Waals surface area contributed by atoms with Crippen molar-refractivity contribution in [1.29, 1.82) is 0 Å². The zero-order valence-electron chi connectivity index (χ0n) is 15.9. The summed E-state index contributed by atoms with van der Waals surface area (Å²) in [6, 6.07) is 9.61. The van der Waals surface area contributed by atoms with Crippen molar-refractivity contribution in [1.82, 2.24) is 29.5 Å². The van der Waals surface area contributed by atoms with Crippen LogP contribution in [0.1, 0.15) is 18.9 Å². The van der Waals surface area contributed by atoms with Crippen molar-refractivity contribution in [3.05, 3.63) is 69.4 Å². The Bertz CT molecular complexity index is 1270. The summed E-state index contributed by atoms with van der Waals surface area (Å²) in [5.41, 5.74) is 1.09. The van der Waals surface area contributed by atoms with E-state index in [9.17, 15) is 14.9 Å². The molecule has 0 radical (unpaired) electrons. The first kappa shape index (κ1) is 18.0. The standard InChI is InChI=1S/C19H18N8O3/c28-18-16-11-21-26(14-4-2-1-3-5-14)17(16)22-19(23-18)24-8-6-13(7-9-24)25-12-15(10-20-25)27(29)30/h1-5,10-13H,6-9H2,(H,22,23,28). The number of rotatable bonds is 4. The fourth-order valence-corrected chi connectivity index (χ4v) is 3.78. The van der Waals surface area contributed by atoms with Crippen molar-refractivity contribution >= 4 is 22.7 Å². The van der Waals surface area contributed by atoms with E-state index in [1.807, 2.05) is 35.2 Å². The quantitative estimate of drug-likeness (QED) is 0.406. The number of aromatic amines is 1. The molecule has 5 rings (SSSR count). The van der Waals surface area contributed by atoms with Crippen molar-refractivity contribution in [2.75, 3.05) is 18.0 Å². The number of H-pyrrole nitrogens is 1. The van der Waals surface area contributed by atoms with Crippen LogP contribution in [0.15, 0.2) is 53.7 Å². The molecule has 0 amide bonds. The second kappa shape index (κ2) is 7.10. The van der Waals surface area contributed by atoms with Gasteiger partial charge in [0.2, 0.25) is 5.95 Å². The molecule has 0 spiro atoms. The number of anilines is 1. The first-order valence-corrected chi connectivity index (χ1v) is 9.57. The van der Waals surface area contributed by atoms with Crippen molar-refractivity contribution in [2.45, 2.75) is 18.9 Å². The largest absolute Gasteiger partial charge is 0.342 e. The van der Waals surface area contributed by atoms with E-state index >= 15 is 0 Å².